The lowest BCUT2D eigenvalue weighted by atomic mass is 9.90. The molecule has 1 heterocycles. The summed E-state index contributed by atoms with van der Waals surface area (Å²) in [4.78, 5) is 4.36. The van der Waals surface area contributed by atoms with Gasteiger partial charge < -0.3 is 16.2 Å². The zero-order chi connectivity index (χ0) is 14.9. The Balaban J connectivity index is 1.98. The average molecular weight is 285 g/mol. The SMILES string of the molecule is CCC(Nc1c(N)cnc2ccccc12)C1(O)CCCC1. The number of benzene rings is 1. The largest absolute Gasteiger partial charge is 0.396 e. The number of nitrogens with two attached hydrogens (primary N) is 1. The van der Waals surface area contributed by atoms with Gasteiger partial charge in [-0.05, 0) is 25.3 Å². The van der Waals surface area contributed by atoms with Crippen molar-refractivity contribution >= 4 is 22.3 Å². The third kappa shape index (κ3) is 2.56. The fourth-order valence-corrected chi connectivity index (χ4v) is 3.44. The van der Waals surface area contributed by atoms with E-state index in [0.29, 0.717) is 5.69 Å². The number of rotatable bonds is 4. The van der Waals surface area contributed by atoms with Gasteiger partial charge in [-0.3, -0.25) is 4.98 Å². The standard InChI is InChI=1S/C17H23N3O/c1-2-15(17(21)9-5-6-10-17)20-16-12-7-3-4-8-14(12)19-11-13(16)18/h3-4,7-8,11,15,21H,2,5-6,9-10,18H2,1H3,(H,19,20). The van der Waals surface area contributed by atoms with Gasteiger partial charge in [0.25, 0.3) is 0 Å². The molecular weight excluding hydrogens is 262 g/mol. The Labute approximate surface area is 125 Å². The van der Waals surface area contributed by atoms with E-state index >= 15 is 0 Å². The van der Waals surface area contributed by atoms with Gasteiger partial charge in [-0.25, -0.2) is 0 Å². The maximum atomic E-state index is 10.9. The summed E-state index contributed by atoms with van der Waals surface area (Å²) in [5.41, 5.74) is 7.95. The first-order valence-electron chi connectivity index (χ1n) is 7.76. The molecule has 0 aliphatic heterocycles. The molecule has 1 aliphatic rings. The van der Waals surface area contributed by atoms with Crippen LogP contribution in [0.1, 0.15) is 39.0 Å². The second kappa shape index (κ2) is 5.53. The number of nitrogen functional groups attached to an aromatic ring is 1. The highest BCUT2D eigenvalue weighted by Gasteiger charge is 2.38. The molecule has 0 bridgehead atoms. The number of hydrogen-bond acceptors (Lipinski definition) is 4. The summed E-state index contributed by atoms with van der Waals surface area (Å²) in [6, 6.07) is 7.97. The number of hydrogen-bond donors (Lipinski definition) is 3. The van der Waals surface area contributed by atoms with Crippen LogP contribution in [0.15, 0.2) is 30.5 Å². The van der Waals surface area contributed by atoms with Crippen molar-refractivity contribution < 1.29 is 5.11 Å². The molecule has 0 saturated heterocycles. The van der Waals surface area contributed by atoms with E-state index in [-0.39, 0.29) is 6.04 Å². The molecule has 21 heavy (non-hydrogen) atoms. The van der Waals surface area contributed by atoms with E-state index in [1.54, 1.807) is 6.20 Å². The van der Waals surface area contributed by atoms with Crippen LogP contribution < -0.4 is 11.1 Å². The van der Waals surface area contributed by atoms with Crippen molar-refractivity contribution in [1.82, 2.24) is 4.98 Å². The number of para-hydroxylation sites is 1. The summed E-state index contributed by atoms with van der Waals surface area (Å²) in [5, 5.41) is 15.4. The predicted molar refractivity (Wildman–Crippen MR) is 87.3 cm³/mol. The summed E-state index contributed by atoms with van der Waals surface area (Å²) in [7, 11) is 0. The fraction of sp³-hybridized carbons (Fsp3) is 0.471. The molecule has 3 rings (SSSR count). The lowest BCUT2D eigenvalue weighted by molar-refractivity contribution is 0.0267. The number of aliphatic hydroxyl groups is 1. The van der Waals surface area contributed by atoms with E-state index in [9.17, 15) is 5.11 Å². The van der Waals surface area contributed by atoms with Crippen molar-refractivity contribution in [2.75, 3.05) is 11.1 Å². The Hall–Kier alpha value is -1.81. The molecule has 1 aromatic heterocycles. The maximum Gasteiger partial charge on any atom is 0.0847 e. The number of aromatic nitrogens is 1. The molecule has 0 radical (unpaired) electrons. The Bertz CT molecular complexity index is 635. The Morgan fingerprint density at radius 2 is 2.05 bits per heavy atom. The first-order chi connectivity index (χ1) is 10.1. The highest BCUT2D eigenvalue weighted by Crippen LogP contribution is 2.37. The summed E-state index contributed by atoms with van der Waals surface area (Å²) in [6.07, 6.45) is 6.48. The molecule has 1 saturated carbocycles. The Kier molecular flexibility index (Phi) is 3.72. The molecule has 4 nitrogen and oxygen atoms in total. The molecule has 1 unspecified atom stereocenters. The van der Waals surface area contributed by atoms with Crippen LogP contribution in [-0.4, -0.2) is 21.7 Å². The van der Waals surface area contributed by atoms with Crippen molar-refractivity contribution in [1.29, 1.82) is 0 Å². The molecule has 4 heteroatoms. The molecular formula is C17H23N3O. The maximum absolute atomic E-state index is 10.9. The van der Waals surface area contributed by atoms with Gasteiger partial charge in [0.15, 0.2) is 0 Å². The van der Waals surface area contributed by atoms with Crippen molar-refractivity contribution in [3.63, 3.8) is 0 Å². The van der Waals surface area contributed by atoms with Crippen LogP contribution in [0.25, 0.3) is 10.9 Å². The van der Waals surface area contributed by atoms with E-state index in [4.69, 9.17) is 5.73 Å². The van der Waals surface area contributed by atoms with E-state index in [0.717, 1.165) is 48.7 Å². The van der Waals surface area contributed by atoms with Gasteiger partial charge in [-0.1, -0.05) is 38.0 Å². The number of anilines is 2. The first kappa shape index (κ1) is 14.1. The van der Waals surface area contributed by atoms with E-state index in [1.165, 1.54) is 0 Å². The van der Waals surface area contributed by atoms with Gasteiger partial charge >= 0.3 is 0 Å². The second-order valence-corrected chi connectivity index (χ2v) is 6.02. The van der Waals surface area contributed by atoms with Gasteiger partial charge in [-0.2, -0.15) is 0 Å². The number of nitrogens with zero attached hydrogens (tertiary/aromatic N) is 1. The summed E-state index contributed by atoms with van der Waals surface area (Å²) in [6.45, 7) is 2.10. The summed E-state index contributed by atoms with van der Waals surface area (Å²) < 4.78 is 0. The van der Waals surface area contributed by atoms with E-state index < -0.39 is 5.60 Å². The smallest absolute Gasteiger partial charge is 0.0847 e. The summed E-state index contributed by atoms with van der Waals surface area (Å²) in [5.74, 6) is 0. The van der Waals surface area contributed by atoms with Gasteiger partial charge in [0.1, 0.15) is 0 Å². The van der Waals surface area contributed by atoms with Crippen LogP contribution in [-0.2, 0) is 0 Å². The van der Waals surface area contributed by atoms with Crippen molar-refractivity contribution in [3.8, 4) is 0 Å². The van der Waals surface area contributed by atoms with Gasteiger partial charge in [0.05, 0.1) is 34.7 Å². The molecule has 112 valence electrons. The highest BCUT2D eigenvalue weighted by atomic mass is 16.3. The minimum absolute atomic E-state index is 0.0214. The minimum atomic E-state index is -0.619. The molecule has 0 amide bonds. The highest BCUT2D eigenvalue weighted by molar-refractivity contribution is 5.97. The van der Waals surface area contributed by atoms with Crippen molar-refractivity contribution in [3.05, 3.63) is 30.5 Å². The number of fused-ring (bicyclic) bond motifs is 1. The van der Waals surface area contributed by atoms with Gasteiger partial charge in [0, 0.05) is 5.39 Å². The van der Waals surface area contributed by atoms with Gasteiger partial charge in [-0.15, -0.1) is 0 Å². The third-order valence-electron chi connectivity index (χ3n) is 4.65. The molecule has 1 atom stereocenters. The van der Waals surface area contributed by atoms with Crippen LogP contribution in [0.2, 0.25) is 0 Å². The van der Waals surface area contributed by atoms with Crippen LogP contribution in [0.5, 0.6) is 0 Å². The van der Waals surface area contributed by atoms with Crippen LogP contribution in [0, 0.1) is 0 Å². The normalized spacial score (nSPS) is 18.8. The first-order valence-corrected chi connectivity index (χ1v) is 7.76. The molecule has 2 aromatic rings. The number of pyridine rings is 1. The average Bonchev–Trinajstić information content (AvgIpc) is 2.94. The molecule has 1 fully saturated rings. The second-order valence-electron chi connectivity index (χ2n) is 6.02. The monoisotopic (exact) mass is 285 g/mol. The van der Waals surface area contributed by atoms with Crippen LogP contribution >= 0.6 is 0 Å². The molecule has 0 spiro atoms. The van der Waals surface area contributed by atoms with Crippen molar-refractivity contribution in [2.24, 2.45) is 0 Å². The van der Waals surface area contributed by atoms with Crippen molar-refractivity contribution in [2.45, 2.75) is 50.7 Å². The third-order valence-corrected chi connectivity index (χ3v) is 4.65. The van der Waals surface area contributed by atoms with Crippen LogP contribution in [0.3, 0.4) is 0 Å². The van der Waals surface area contributed by atoms with E-state index in [1.807, 2.05) is 24.3 Å². The van der Waals surface area contributed by atoms with E-state index in [2.05, 4.69) is 17.2 Å². The molecule has 4 N–H and O–H groups in total. The van der Waals surface area contributed by atoms with Gasteiger partial charge in [0.2, 0.25) is 0 Å². The molecule has 1 aromatic carbocycles. The fourth-order valence-electron chi connectivity index (χ4n) is 3.44. The zero-order valence-electron chi connectivity index (χ0n) is 12.5. The Morgan fingerprint density at radius 1 is 1.33 bits per heavy atom. The quantitative estimate of drug-likeness (QED) is 0.806. The zero-order valence-corrected chi connectivity index (χ0v) is 12.5. The van der Waals surface area contributed by atoms with Crippen LogP contribution in [0.4, 0.5) is 11.4 Å². The molecule has 1 aliphatic carbocycles. The Morgan fingerprint density at radius 3 is 2.76 bits per heavy atom. The lowest BCUT2D eigenvalue weighted by Crippen LogP contribution is -2.44. The summed E-state index contributed by atoms with van der Waals surface area (Å²) >= 11 is 0. The lowest BCUT2D eigenvalue weighted by Gasteiger charge is -2.34. The minimum Gasteiger partial charge on any atom is -0.396 e. The predicted octanol–water partition coefficient (Wildman–Crippen LogP) is 3.31. The topological polar surface area (TPSA) is 71.2 Å². The number of nitrogens with one attached hydrogen (secondary N) is 1.